The molecule has 144 valence electrons. The van der Waals surface area contributed by atoms with Crippen molar-refractivity contribution >= 4 is 23.8 Å². The average molecular weight is 372 g/mol. The number of hydrogen-bond acceptors (Lipinski definition) is 5. The van der Waals surface area contributed by atoms with E-state index in [0.29, 0.717) is 24.7 Å². The minimum Gasteiger partial charge on any atom is -0.444 e. The van der Waals surface area contributed by atoms with Crippen LogP contribution in [0.25, 0.3) is 0 Å². The van der Waals surface area contributed by atoms with E-state index in [1.165, 1.54) is 4.90 Å². The Balaban J connectivity index is 1.63. The van der Waals surface area contributed by atoms with Crippen LogP contribution >= 0.6 is 0 Å². The first kappa shape index (κ1) is 18.8. The van der Waals surface area contributed by atoms with E-state index in [4.69, 9.17) is 9.47 Å². The zero-order valence-electron chi connectivity index (χ0n) is 15.8. The maximum Gasteiger partial charge on any atom is 0.415 e. The van der Waals surface area contributed by atoms with Crippen LogP contribution in [0, 0.1) is 0 Å². The first-order valence-corrected chi connectivity index (χ1v) is 8.88. The van der Waals surface area contributed by atoms with E-state index >= 15 is 0 Å². The predicted molar refractivity (Wildman–Crippen MR) is 101 cm³/mol. The molecule has 3 rings (SSSR count). The Morgan fingerprint density at radius 3 is 2.63 bits per heavy atom. The van der Waals surface area contributed by atoms with E-state index in [-0.39, 0.29) is 6.61 Å². The summed E-state index contributed by atoms with van der Waals surface area (Å²) in [5.41, 5.74) is 0.315. The number of carbonyl (C=O) groups excluding carboxylic acids is 2. The van der Waals surface area contributed by atoms with Crippen LogP contribution in [0.2, 0.25) is 0 Å². The second-order valence-electron chi connectivity index (χ2n) is 7.28. The molecule has 1 aromatic carbocycles. The molecule has 2 heterocycles. The maximum atomic E-state index is 12.4. The second-order valence-corrected chi connectivity index (χ2v) is 7.28. The lowest BCUT2D eigenvalue weighted by Crippen LogP contribution is -2.41. The molecule has 0 atom stereocenters. The molecule has 0 saturated carbocycles. The smallest absolute Gasteiger partial charge is 0.415 e. The third-order valence-electron chi connectivity index (χ3n) is 3.84. The molecule has 0 bridgehead atoms. The Bertz CT molecular complexity index is 811. The van der Waals surface area contributed by atoms with Gasteiger partial charge in [0, 0.05) is 19.2 Å². The number of anilines is 2. The molecular formula is C19H24N4O4. The Labute approximate surface area is 158 Å². The summed E-state index contributed by atoms with van der Waals surface area (Å²) in [4.78, 5) is 26.0. The van der Waals surface area contributed by atoms with Crippen LogP contribution in [0.15, 0.2) is 36.4 Å². The van der Waals surface area contributed by atoms with Crippen molar-refractivity contribution in [1.82, 2.24) is 9.78 Å². The number of benzene rings is 1. The summed E-state index contributed by atoms with van der Waals surface area (Å²) in [7, 11) is 0. The molecule has 0 saturated heterocycles. The van der Waals surface area contributed by atoms with E-state index in [9.17, 15) is 9.59 Å². The second kappa shape index (κ2) is 7.69. The summed E-state index contributed by atoms with van der Waals surface area (Å²) in [6.45, 7) is 6.84. The van der Waals surface area contributed by atoms with Gasteiger partial charge in [-0.05, 0) is 32.8 Å². The zero-order valence-corrected chi connectivity index (χ0v) is 15.8. The van der Waals surface area contributed by atoms with E-state index in [1.54, 1.807) is 10.7 Å². The maximum absolute atomic E-state index is 12.4. The molecule has 1 N–H and O–H groups in total. The number of fused-ring (bicyclic) bond motifs is 1. The number of ether oxygens (including phenoxy) is 2. The molecule has 8 nitrogen and oxygen atoms in total. The summed E-state index contributed by atoms with van der Waals surface area (Å²) in [5, 5.41) is 6.94. The molecule has 0 fully saturated rings. The lowest BCUT2D eigenvalue weighted by molar-refractivity contribution is 0.0572. The van der Waals surface area contributed by atoms with Gasteiger partial charge in [0.05, 0.1) is 0 Å². The molecule has 0 unspecified atom stereocenters. The first-order chi connectivity index (χ1) is 12.8. The molecule has 2 aromatic rings. The third kappa shape index (κ3) is 4.99. The molecule has 0 spiro atoms. The molecule has 27 heavy (non-hydrogen) atoms. The Kier molecular flexibility index (Phi) is 5.34. The molecule has 0 radical (unpaired) electrons. The van der Waals surface area contributed by atoms with Crippen molar-refractivity contribution in [1.29, 1.82) is 0 Å². The van der Waals surface area contributed by atoms with Gasteiger partial charge in [0.15, 0.2) is 5.82 Å². The van der Waals surface area contributed by atoms with Gasteiger partial charge in [0.2, 0.25) is 0 Å². The highest BCUT2D eigenvalue weighted by Crippen LogP contribution is 2.26. The van der Waals surface area contributed by atoms with Gasteiger partial charge in [-0.2, -0.15) is 5.10 Å². The highest BCUT2D eigenvalue weighted by atomic mass is 16.6. The number of carbonyl (C=O) groups is 2. The Hall–Kier alpha value is -3.03. The summed E-state index contributed by atoms with van der Waals surface area (Å²) in [6, 6.07) is 11.1. The SMILES string of the molecule is CC(C)(C)OC(=O)N1CCCn2nc(NC(=O)OCc3ccccc3)cc21. The summed E-state index contributed by atoms with van der Waals surface area (Å²) in [5.74, 6) is 0.923. The molecule has 1 aliphatic rings. The molecule has 1 aromatic heterocycles. The highest BCUT2D eigenvalue weighted by molar-refractivity contribution is 5.89. The van der Waals surface area contributed by atoms with E-state index in [0.717, 1.165) is 12.0 Å². The van der Waals surface area contributed by atoms with Crippen molar-refractivity contribution in [3.8, 4) is 0 Å². The molecular weight excluding hydrogens is 348 g/mol. The first-order valence-electron chi connectivity index (χ1n) is 8.88. The Morgan fingerprint density at radius 1 is 1.19 bits per heavy atom. The highest BCUT2D eigenvalue weighted by Gasteiger charge is 2.29. The van der Waals surface area contributed by atoms with E-state index < -0.39 is 17.8 Å². The number of aryl methyl sites for hydroxylation is 1. The molecule has 0 aliphatic carbocycles. The van der Waals surface area contributed by atoms with Crippen LogP contribution in [-0.4, -0.2) is 34.1 Å². The van der Waals surface area contributed by atoms with Crippen LogP contribution in [-0.2, 0) is 22.6 Å². The van der Waals surface area contributed by atoms with Crippen molar-refractivity contribution in [2.45, 2.75) is 45.9 Å². The quantitative estimate of drug-likeness (QED) is 0.886. The lowest BCUT2D eigenvalue weighted by atomic mass is 10.2. The summed E-state index contributed by atoms with van der Waals surface area (Å²) in [6.07, 6.45) is -0.272. The fraction of sp³-hybridized carbons (Fsp3) is 0.421. The lowest BCUT2D eigenvalue weighted by Gasteiger charge is -2.30. The van der Waals surface area contributed by atoms with Crippen molar-refractivity contribution in [2.75, 3.05) is 16.8 Å². The van der Waals surface area contributed by atoms with Crippen molar-refractivity contribution in [3.05, 3.63) is 42.0 Å². The minimum absolute atomic E-state index is 0.171. The van der Waals surface area contributed by atoms with Gasteiger partial charge >= 0.3 is 12.2 Å². The number of aromatic nitrogens is 2. The minimum atomic E-state index is -0.599. The number of nitrogens with one attached hydrogen (secondary N) is 1. The van der Waals surface area contributed by atoms with Gasteiger partial charge in [-0.15, -0.1) is 0 Å². The third-order valence-corrected chi connectivity index (χ3v) is 3.84. The van der Waals surface area contributed by atoms with Crippen LogP contribution < -0.4 is 10.2 Å². The van der Waals surface area contributed by atoms with Gasteiger partial charge in [-0.3, -0.25) is 10.2 Å². The number of hydrogen-bond donors (Lipinski definition) is 1. The topological polar surface area (TPSA) is 85.7 Å². The fourth-order valence-corrected chi connectivity index (χ4v) is 2.71. The van der Waals surface area contributed by atoms with E-state index in [2.05, 4.69) is 10.4 Å². The van der Waals surface area contributed by atoms with Crippen molar-refractivity contribution in [3.63, 3.8) is 0 Å². The molecule has 8 heteroatoms. The average Bonchev–Trinajstić information content (AvgIpc) is 3.01. The van der Waals surface area contributed by atoms with Gasteiger partial charge in [-0.25, -0.2) is 14.3 Å². The van der Waals surface area contributed by atoms with Gasteiger partial charge in [0.1, 0.15) is 18.0 Å². The van der Waals surface area contributed by atoms with Crippen molar-refractivity contribution < 1.29 is 19.1 Å². The van der Waals surface area contributed by atoms with Crippen molar-refractivity contribution in [2.24, 2.45) is 0 Å². The summed E-state index contributed by atoms with van der Waals surface area (Å²) >= 11 is 0. The van der Waals surface area contributed by atoms with Crippen LogP contribution in [0.5, 0.6) is 0 Å². The van der Waals surface area contributed by atoms with Gasteiger partial charge < -0.3 is 9.47 Å². The standard InChI is InChI=1S/C19H24N4O4/c1-19(2,3)27-18(25)22-10-7-11-23-16(22)12-15(21-23)20-17(24)26-13-14-8-5-4-6-9-14/h4-6,8-9,12H,7,10-11,13H2,1-3H3,(H,20,21,24). The van der Waals surface area contributed by atoms with Gasteiger partial charge in [-0.1, -0.05) is 30.3 Å². The fourth-order valence-electron chi connectivity index (χ4n) is 2.71. The zero-order chi connectivity index (χ0) is 19.4. The Morgan fingerprint density at radius 2 is 1.93 bits per heavy atom. The van der Waals surface area contributed by atoms with Crippen LogP contribution in [0.4, 0.5) is 21.2 Å². The number of nitrogens with zero attached hydrogens (tertiary/aromatic N) is 3. The van der Waals surface area contributed by atoms with Crippen LogP contribution in [0.3, 0.4) is 0 Å². The van der Waals surface area contributed by atoms with E-state index in [1.807, 2.05) is 51.1 Å². The van der Waals surface area contributed by atoms with Crippen LogP contribution in [0.1, 0.15) is 32.8 Å². The summed E-state index contributed by atoms with van der Waals surface area (Å²) < 4.78 is 12.3. The molecule has 1 aliphatic heterocycles. The number of rotatable bonds is 3. The number of amides is 2. The largest absolute Gasteiger partial charge is 0.444 e. The monoisotopic (exact) mass is 372 g/mol. The normalized spacial score (nSPS) is 13.7. The predicted octanol–water partition coefficient (Wildman–Crippen LogP) is 3.78. The van der Waals surface area contributed by atoms with Gasteiger partial charge in [0.25, 0.3) is 0 Å². The molecule has 2 amide bonds.